The molecule has 4 bridgehead atoms. The molecule has 0 radical (unpaired) electrons. The Morgan fingerprint density at radius 1 is 1.09 bits per heavy atom. The van der Waals surface area contributed by atoms with Crippen molar-refractivity contribution < 1.29 is 14.6 Å². The summed E-state index contributed by atoms with van der Waals surface area (Å²) in [5.74, 6) is 3.19. The highest BCUT2D eigenvalue weighted by atomic mass is 16.6. The first kappa shape index (κ1) is 26.3. The monoisotopic (exact) mass is 480 g/mol. The standard InChI is InChI=1S/C32H48O3/c1-6-26(27-12-14-28(33)15-13-27)11-10-16-30(5,7-2)29(34)35-32(8-3,9-4)31-20-23-17-24(21-31)19-25(18-23)22-31/h7,12-15,23-26,33H,2,6,8-11,16-22H2,1,3-5H3. The summed E-state index contributed by atoms with van der Waals surface area (Å²) in [7, 11) is 0. The third-order valence-electron chi connectivity index (χ3n) is 10.5. The van der Waals surface area contributed by atoms with Crippen molar-refractivity contribution in [3.8, 4) is 5.75 Å². The Bertz CT molecular complexity index is 845. The molecule has 2 unspecified atom stereocenters. The number of phenols is 1. The highest BCUT2D eigenvalue weighted by molar-refractivity contribution is 5.79. The predicted molar refractivity (Wildman–Crippen MR) is 143 cm³/mol. The molecular weight excluding hydrogens is 432 g/mol. The topological polar surface area (TPSA) is 46.5 Å². The molecule has 5 rings (SSSR count). The van der Waals surface area contributed by atoms with Gasteiger partial charge in [-0.1, -0.05) is 45.4 Å². The maximum Gasteiger partial charge on any atom is 0.316 e. The third-order valence-corrected chi connectivity index (χ3v) is 10.5. The lowest BCUT2D eigenvalue weighted by molar-refractivity contribution is -0.218. The number of carbonyl (C=O) groups is 1. The molecule has 4 fully saturated rings. The lowest BCUT2D eigenvalue weighted by Gasteiger charge is -2.63. The highest BCUT2D eigenvalue weighted by Gasteiger charge is 2.61. The van der Waals surface area contributed by atoms with E-state index in [4.69, 9.17) is 4.74 Å². The molecule has 0 heterocycles. The summed E-state index contributed by atoms with van der Waals surface area (Å²) in [6.45, 7) is 12.8. The summed E-state index contributed by atoms with van der Waals surface area (Å²) < 4.78 is 6.72. The number of esters is 1. The summed E-state index contributed by atoms with van der Waals surface area (Å²) in [6.07, 6.45) is 15.4. The average molecular weight is 481 g/mol. The molecule has 4 aliphatic carbocycles. The number of carbonyl (C=O) groups excluding carboxylic acids is 1. The van der Waals surface area contributed by atoms with Gasteiger partial charge in [0.1, 0.15) is 11.4 Å². The van der Waals surface area contributed by atoms with Crippen LogP contribution in [0.3, 0.4) is 0 Å². The van der Waals surface area contributed by atoms with Crippen LogP contribution >= 0.6 is 0 Å². The first-order valence-electron chi connectivity index (χ1n) is 14.4. The first-order chi connectivity index (χ1) is 16.7. The van der Waals surface area contributed by atoms with Gasteiger partial charge in [0.15, 0.2) is 0 Å². The molecule has 1 aromatic rings. The van der Waals surface area contributed by atoms with Gasteiger partial charge in [0, 0.05) is 5.41 Å². The molecule has 0 aliphatic heterocycles. The Labute approximate surface area is 213 Å². The van der Waals surface area contributed by atoms with Gasteiger partial charge in [-0.3, -0.25) is 4.79 Å². The van der Waals surface area contributed by atoms with Crippen molar-refractivity contribution in [2.45, 2.75) is 116 Å². The van der Waals surface area contributed by atoms with E-state index in [9.17, 15) is 9.90 Å². The molecule has 1 aromatic carbocycles. The number of rotatable bonds is 12. The van der Waals surface area contributed by atoms with Crippen LogP contribution in [0.15, 0.2) is 36.9 Å². The van der Waals surface area contributed by atoms with Gasteiger partial charge in [0.05, 0.1) is 5.41 Å². The van der Waals surface area contributed by atoms with Crippen molar-refractivity contribution in [3.05, 3.63) is 42.5 Å². The largest absolute Gasteiger partial charge is 0.508 e. The lowest BCUT2D eigenvalue weighted by atomic mass is 9.44. The molecule has 3 nitrogen and oxygen atoms in total. The fraction of sp³-hybridized carbons (Fsp3) is 0.719. The second-order valence-electron chi connectivity index (χ2n) is 12.5. The van der Waals surface area contributed by atoms with Crippen LogP contribution in [0.5, 0.6) is 5.75 Å². The Balaban J connectivity index is 1.45. The molecule has 2 atom stereocenters. The van der Waals surface area contributed by atoms with E-state index in [-0.39, 0.29) is 17.0 Å². The van der Waals surface area contributed by atoms with E-state index in [0.29, 0.717) is 11.7 Å². The zero-order chi connectivity index (χ0) is 25.3. The Kier molecular flexibility index (Phi) is 7.74. The molecule has 0 saturated heterocycles. The van der Waals surface area contributed by atoms with E-state index < -0.39 is 5.41 Å². The highest BCUT2D eigenvalue weighted by Crippen LogP contribution is 2.66. The molecule has 194 valence electrons. The minimum absolute atomic E-state index is 0.0652. The molecule has 3 heteroatoms. The number of phenolic OH excluding ortho intramolecular Hbond substituents is 1. The van der Waals surface area contributed by atoms with Crippen LogP contribution in [0, 0.1) is 28.6 Å². The fourth-order valence-corrected chi connectivity index (χ4v) is 8.57. The van der Waals surface area contributed by atoms with E-state index in [1.54, 1.807) is 12.1 Å². The van der Waals surface area contributed by atoms with Gasteiger partial charge in [-0.15, -0.1) is 6.58 Å². The summed E-state index contributed by atoms with van der Waals surface area (Å²) in [5, 5.41) is 9.62. The summed E-state index contributed by atoms with van der Waals surface area (Å²) >= 11 is 0. The van der Waals surface area contributed by atoms with Crippen molar-refractivity contribution in [3.63, 3.8) is 0 Å². The number of hydrogen-bond donors (Lipinski definition) is 1. The normalized spacial score (nSPS) is 30.0. The third kappa shape index (κ3) is 4.94. The van der Waals surface area contributed by atoms with Gasteiger partial charge in [-0.2, -0.15) is 0 Å². The van der Waals surface area contributed by atoms with Gasteiger partial charge in [-0.25, -0.2) is 0 Å². The molecule has 0 spiro atoms. The second kappa shape index (κ2) is 10.3. The van der Waals surface area contributed by atoms with Crippen molar-refractivity contribution in [2.24, 2.45) is 28.6 Å². The van der Waals surface area contributed by atoms with Crippen molar-refractivity contribution >= 4 is 5.97 Å². The van der Waals surface area contributed by atoms with E-state index >= 15 is 0 Å². The fourth-order valence-electron chi connectivity index (χ4n) is 8.57. The molecule has 1 N–H and O–H groups in total. The second-order valence-corrected chi connectivity index (χ2v) is 12.5. The van der Waals surface area contributed by atoms with Crippen molar-refractivity contribution in [1.29, 1.82) is 0 Å². The first-order valence-corrected chi connectivity index (χ1v) is 14.4. The van der Waals surface area contributed by atoms with Gasteiger partial charge in [0.25, 0.3) is 0 Å². The summed E-state index contributed by atoms with van der Waals surface area (Å²) in [6, 6.07) is 7.57. The van der Waals surface area contributed by atoms with Crippen molar-refractivity contribution in [1.82, 2.24) is 0 Å². The molecule has 0 aromatic heterocycles. The van der Waals surface area contributed by atoms with E-state index in [1.165, 1.54) is 44.1 Å². The molecule has 35 heavy (non-hydrogen) atoms. The minimum atomic E-state index is -0.662. The van der Waals surface area contributed by atoms with Gasteiger partial charge in [-0.05, 0) is 119 Å². The van der Waals surface area contributed by atoms with E-state index in [1.807, 2.05) is 25.1 Å². The zero-order valence-electron chi connectivity index (χ0n) is 22.7. The van der Waals surface area contributed by atoms with Gasteiger partial charge < -0.3 is 9.84 Å². The molecule has 4 saturated carbocycles. The maximum absolute atomic E-state index is 13.9. The number of benzene rings is 1. The van der Waals surface area contributed by atoms with Gasteiger partial charge in [0.2, 0.25) is 0 Å². The Hall–Kier alpha value is -1.77. The van der Waals surface area contributed by atoms with E-state index in [2.05, 4.69) is 27.4 Å². The van der Waals surface area contributed by atoms with Crippen LogP contribution in [0.2, 0.25) is 0 Å². The lowest BCUT2D eigenvalue weighted by Crippen LogP contribution is -2.60. The van der Waals surface area contributed by atoms with Crippen LogP contribution in [0.25, 0.3) is 0 Å². The quantitative estimate of drug-likeness (QED) is 0.241. The van der Waals surface area contributed by atoms with Crippen LogP contribution < -0.4 is 0 Å². The van der Waals surface area contributed by atoms with E-state index in [0.717, 1.165) is 56.3 Å². The smallest absolute Gasteiger partial charge is 0.316 e. The maximum atomic E-state index is 13.9. The molecular formula is C32H48O3. The number of hydrogen-bond acceptors (Lipinski definition) is 3. The predicted octanol–water partition coefficient (Wildman–Crippen LogP) is 8.57. The van der Waals surface area contributed by atoms with Crippen LogP contribution in [-0.4, -0.2) is 16.7 Å². The van der Waals surface area contributed by atoms with Crippen LogP contribution in [0.1, 0.15) is 116 Å². The van der Waals surface area contributed by atoms with Crippen LogP contribution in [-0.2, 0) is 9.53 Å². The summed E-state index contributed by atoms with van der Waals surface area (Å²) in [5.41, 5.74) is 0.425. The number of aromatic hydroxyl groups is 1. The Morgan fingerprint density at radius 2 is 1.63 bits per heavy atom. The average Bonchev–Trinajstić information content (AvgIpc) is 2.84. The molecule has 4 aliphatic rings. The molecule has 0 amide bonds. The zero-order valence-corrected chi connectivity index (χ0v) is 22.7. The minimum Gasteiger partial charge on any atom is -0.508 e. The SMILES string of the molecule is C=CC(C)(CCCC(CC)c1ccc(O)cc1)C(=O)OC(CC)(CC)C12CC3CC(CC(C3)C1)C2. The van der Waals surface area contributed by atoms with Crippen LogP contribution in [0.4, 0.5) is 0 Å². The Morgan fingerprint density at radius 3 is 2.09 bits per heavy atom. The van der Waals surface area contributed by atoms with Gasteiger partial charge >= 0.3 is 5.97 Å². The van der Waals surface area contributed by atoms with Crippen molar-refractivity contribution in [2.75, 3.05) is 0 Å². The number of ether oxygens (including phenoxy) is 1. The summed E-state index contributed by atoms with van der Waals surface area (Å²) in [4.78, 5) is 13.9.